The summed E-state index contributed by atoms with van der Waals surface area (Å²) in [5.74, 6) is 0.0382. The molecule has 4 heteroatoms. The quantitative estimate of drug-likeness (QED) is 0.774. The van der Waals surface area contributed by atoms with Crippen LogP contribution in [0.3, 0.4) is 0 Å². The molecule has 1 unspecified atom stereocenters. The van der Waals surface area contributed by atoms with Crippen molar-refractivity contribution in [3.05, 3.63) is 33.3 Å². The number of carbonyl (C=O) groups excluding carboxylic acids is 1. The van der Waals surface area contributed by atoms with Crippen molar-refractivity contribution in [2.45, 2.75) is 25.8 Å². The predicted molar refractivity (Wildman–Crippen MR) is 68.9 cm³/mol. The molecule has 1 aromatic carbocycles. The highest BCUT2D eigenvalue weighted by Gasteiger charge is 2.27. The zero-order chi connectivity index (χ0) is 11.7. The highest BCUT2D eigenvalue weighted by Crippen LogP contribution is 2.25. The highest BCUT2D eigenvalue weighted by molar-refractivity contribution is 9.10. The van der Waals surface area contributed by atoms with Gasteiger partial charge in [0.15, 0.2) is 0 Å². The molecule has 1 atom stereocenters. The summed E-state index contributed by atoms with van der Waals surface area (Å²) in [6, 6.07) is 5.70. The van der Waals surface area contributed by atoms with E-state index in [-0.39, 0.29) is 5.91 Å². The first-order chi connectivity index (χ1) is 7.59. The molecule has 2 nitrogen and oxygen atoms in total. The first-order valence-electron chi connectivity index (χ1n) is 5.35. The molecule has 16 heavy (non-hydrogen) atoms. The third-order valence-corrected chi connectivity index (χ3v) is 3.80. The first kappa shape index (κ1) is 11.9. The Balaban J connectivity index is 2.29. The number of amides is 1. The zero-order valence-corrected chi connectivity index (χ0v) is 11.4. The lowest BCUT2D eigenvalue weighted by Crippen LogP contribution is -2.33. The van der Waals surface area contributed by atoms with Gasteiger partial charge in [-0.3, -0.25) is 4.79 Å². The minimum Gasteiger partial charge on any atom is -0.336 e. The Bertz CT molecular complexity index is 421. The van der Waals surface area contributed by atoms with Crippen LogP contribution in [0.25, 0.3) is 0 Å². The second kappa shape index (κ2) is 4.76. The third-order valence-electron chi connectivity index (χ3n) is 2.97. The fourth-order valence-corrected chi connectivity index (χ4v) is 2.61. The molecule has 0 spiro atoms. The zero-order valence-electron chi connectivity index (χ0n) is 9.04. The minimum absolute atomic E-state index is 0.0382. The van der Waals surface area contributed by atoms with Crippen molar-refractivity contribution >= 4 is 33.4 Å². The Morgan fingerprint density at radius 2 is 2.31 bits per heavy atom. The van der Waals surface area contributed by atoms with E-state index < -0.39 is 0 Å². The van der Waals surface area contributed by atoms with Gasteiger partial charge in [0.05, 0.1) is 10.6 Å². The molecular weight excluding hydrogens is 289 g/mol. The number of rotatable bonds is 1. The van der Waals surface area contributed by atoms with Crippen LogP contribution < -0.4 is 0 Å². The summed E-state index contributed by atoms with van der Waals surface area (Å²) in [5.41, 5.74) is 0.588. The van der Waals surface area contributed by atoms with Gasteiger partial charge in [0.1, 0.15) is 0 Å². The van der Waals surface area contributed by atoms with Crippen molar-refractivity contribution in [3.8, 4) is 0 Å². The van der Waals surface area contributed by atoms with Crippen molar-refractivity contribution in [2.75, 3.05) is 6.54 Å². The van der Waals surface area contributed by atoms with E-state index in [0.717, 1.165) is 23.9 Å². The number of benzene rings is 1. The molecule has 1 aliphatic heterocycles. The fourth-order valence-electron chi connectivity index (χ4n) is 2.05. The summed E-state index contributed by atoms with van der Waals surface area (Å²) >= 11 is 9.41. The number of nitrogens with zero attached hydrogens (tertiary/aromatic N) is 1. The Morgan fingerprint density at radius 3 is 2.94 bits per heavy atom. The van der Waals surface area contributed by atoms with Gasteiger partial charge in [0.2, 0.25) is 0 Å². The van der Waals surface area contributed by atoms with E-state index in [1.807, 2.05) is 11.0 Å². The molecule has 0 aliphatic carbocycles. The maximum Gasteiger partial charge on any atom is 0.255 e. The minimum atomic E-state index is 0.0382. The lowest BCUT2D eigenvalue weighted by molar-refractivity contribution is 0.0747. The average Bonchev–Trinajstić information content (AvgIpc) is 2.67. The van der Waals surface area contributed by atoms with Crippen LogP contribution in [0.15, 0.2) is 22.7 Å². The average molecular weight is 303 g/mol. The topological polar surface area (TPSA) is 20.3 Å². The maximum absolute atomic E-state index is 12.3. The normalized spacial score (nSPS) is 20.2. The third kappa shape index (κ3) is 2.25. The van der Waals surface area contributed by atoms with E-state index in [2.05, 4.69) is 22.9 Å². The summed E-state index contributed by atoms with van der Waals surface area (Å²) in [5, 5.41) is 0.521. The van der Waals surface area contributed by atoms with Gasteiger partial charge in [-0.15, -0.1) is 0 Å². The molecule has 0 bridgehead atoms. The summed E-state index contributed by atoms with van der Waals surface area (Å²) in [6.07, 6.45) is 2.16. The molecule has 1 saturated heterocycles. The van der Waals surface area contributed by atoms with E-state index >= 15 is 0 Å². The summed E-state index contributed by atoms with van der Waals surface area (Å²) in [7, 11) is 0. The van der Waals surface area contributed by atoms with Crippen LogP contribution in [-0.4, -0.2) is 23.4 Å². The van der Waals surface area contributed by atoms with Gasteiger partial charge in [0, 0.05) is 17.1 Å². The van der Waals surface area contributed by atoms with Crippen LogP contribution in [0.1, 0.15) is 30.1 Å². The van der Waals surface area contributed by atoms with E-state index in [0.29, 0.717) is 16.6 Å². The molecular formula is C12H13BrClNO. The molecule has 0 saturated carbocycles. The van der Waals surface area contributed by atoms with Crippen molar-refractivity contribution < 1.29 is 4.79 Å². The van der Waals surface area contributed by atoms with Crippen LogP contribution in [0.2, 0.25) is 5.02 Å². The second-order valence-electron chi connectivity index (χ2n) is 4.11. The van der Waals surface area contributed by atoms with Gasteiger partial charge >= 0.3 is 0 Å². The SMILES string of the molecule is CC1CCCN1C(=O)c1cc(Br)ccc1Cl. The largest absolute Gasteiger partial charge is 0.336 e. The van der Waals surface area contributed by atoms with Crippen molar-refractivity contribution in [2.24, 2.45) is 0 Å². The molecule has 0 radical (unpaired) electrons. The van der Waals surface area contributed by atoms with Crippen LogP contribution in [-0.2, 0) is 0 Å². The van der Waals surface area contributed by atoms with Crippen molar-refractivity contribution in [1.29, 1.82) is 0 Å². The van der Waals surface area contributed by atoms with Gasteiger partial charge in [-0.25, -0.2) is 0 Å². The smallest absolute Gasteiger partial charge is 0.255 e. The summed E-state index contributed by atoms with van der Waals surface area (Å²) in [4.78, 5) is 14.1. The van der Waals surface area contributed by atoms with Gasteiger partial charge in [-0.1, -0.05) is 27.5 Å². The lowest BCUT2D eigenvalue weighted by atomic mass is 10.2. The van der Waals surface area contributed by atoms with Crippen LogP contribution in [0, 0.1) is 0 Å². The van der Waals surface area contributed by atoms with E-state index in [9.17, 15) is 4.79 Å². The molecule has 1 heterocycles. The van der Waals surface area contributed by atoms with E-state index in [1.165, 1.54) is 0 Å². The first-order valence-corrected chi connectivity index (χ1v) is 6.52. The molecule has 0 aromatic heterocycles. The number of halogens is 2. The molecule has 2 rings (SSSR count). The second-order valence-corrected chi connectivity index (χ2v) is 5.44. The van der Waals surface area contributed by atoms with Crippen molar-refractivity contribution in [3.63, 3.8) is 0 Å². The highest BCUT2D eigenvalue weighted by atomic mass is 79.9. The van der Waals surface area contributed by atoms with Gasteiger partial charge in [-0.2, -0.15) is 0 Å². The molecule has 0 N–H and O–H groups in total. The van der Waals surface area contributed by atoms with Crippen LogP contribution in [0.5, 0.6) is 0 Å². The van der Waals surface area contributed by atoms with Gasteiger partial charge < -0.3 is 4.90 Å². The molecule has 86 valence electrons. The fraction of sp³-hybridized carbons (Fsp3) is 0.417. The number of hydrogen-bond acceptors (Lipinski definition) is 1. The van der Waals surface area contributed by atoms with Crippen molar-refractivity contribution in [1.82, 2.24) is 4.90 Å². The number of likely N-dealkylation sites (tertiary alicyclic amines) is 1. The van der Waals surface area contributed by atoms with Gasteiger partial charge in [0.25, 0.3) is 5.91 Å². The lowest BCUT2D eigenvalue weighted by Gasteiger charge is -2.22. The Morgan fingerprint density at radius 1 is 1.56 bits per heavy atom. The standard InChI is InChI=1S/C12H13BrClNO/c1-8-3-2-6-15(8)12(16)10-7-9(13)4-5-11(10)14/h4-5,7-8H,2-3,6H2,1H3. The van der Waals surface area contributed by atoms with E-state index in [4.69, 9.17) is 11.6 Å². The maximum atomic E-state index is 12.3. The number of carbonyl (C=O) groups is 1. The number of hydrogen-bond donors (Lipinski definition) is 0. The molecule has 1 aliphatic rings. The predicted octanol–water partition coefficient (Wildman–Crippen LogP) is 3.73. The Labute approximate surface area is 109 Å². The van der Waals surface area contributed by atoms with E-state index in [1.54, 1.807) is 12.1 Å². The Hall–Kier alpha value is -0.540. The van der Waals surface area contributed by atoms with Crippen LogP contribution in [0.4, 0.5) is 0 Å². The molecule has 1 amide bonds. The monoisotopic (exact) mass is 301 g/mol. The Kier molecular flexibility index (Phi) is 3.55. The van der Waals surface area contributed by atoms with Gasteiger partial charge in [-0.05, 0) is 38.0 Å². The summed E-state index contributed by atoms with van der Waals surface area (Å²) in [6.45, 7) is 2.92. The summed E-state index contributed by atoms with van der Waals surface area (Å²) < 4.78 is 0.882. The molecule has 1 fully saturated rings. The molecule has 1 aromatic rings. The van der Waals surface area contributed by atoms with Crippen LogP contribution >= 0.6 is 27.5 Å².